The fourth-order valence-electron chi connectivity index (χ4n) is 2.50. The fraction of sp³-hybridized carbons (Fsp3) is 0.389. The first-order valence-corrected chi connectivity index (χ1v) is 9.06. The molecule has 0 spiro atoms. The molecule has 5 nitrogen and oxygen atoms in total. The molecule has 1 heterocycles. The lowest BCUT2D eigenvalue weighted by Crippen LogP contribution is -2.39. The van der Waals surface area contributed by atoms with Crippen molar-refractivity contribution in [1.82, 2.24) is 10.2 Å². The number of carbonyl (C=O) groups is 3. The SMILES string of the molecule is CCC(CC)C(=O)NCCN1C(=O)SC(=Cc2ccc(F)cc2)C1=O. The van der Waals surface area contributed by atoms with Crippen LogP contribution in [0, 0.1) is 11.7 Å². The van der Waals surface area contributed by atoms with E-state index in [1.807, 2.05) is 13.8 Å². The summed E-state index contributed by atoms with van der Waals surface area (Å²) < 4.78 is 12.9. The number of amides is 3. The number of hydrogen-bond acceptors (Lipinski definition) is 4. The van der Waals surface area contributed by atoms with Crippen LogP contribution in [0.2, 0.25) is 0 Å². The molecule has 1 aliphatic rings. The molecule has 0 atom stereocenters. The minimum atomic E-state index is -0.392. The number of thioether (sulfide) groups is 1. The van der Waals surface area contributed by atoms with E-state index in [0.717, 1.165) is 29.5 Å². The van der Waals surface area contributed by atoms with Crippen molar-refractivity contribution in [2.24, 2.45) is 5.92 Å². The summed E-state index contributed by atoms with van der Waals surface area (Å²) in [6.07, 6.45) is 3.07. The van der Waals surface area contributed by atoms with Crippen molar-refractivity contribution in [3.05, 3.63) is 40.6 Å². The summed E-state index contributed by atoms with van der Waals surface area (Å²) in [6.45, 7) is 4.27. The molecule has 25 heavy (non-hydrogen) atoms. The number of nitrogens with one attached hydrogen (secondary N) is 1. The van der Waals surface area contributed by atoms with Gasteiger partial charge in [0.15, 0.2) is 0 Å². The smallest absolute Gasteiger partial charge is 0.293 e. The summed E-state index contributed by atoms with van der Waals surface area (Å²) in [7, 11) is 0. The monoisotopic (exact) mass is 364 g/mol. The molecule has 1 N–H and O–H groups in total. The van der Waals surface area contributed by atoms with Crippen molar-refractivity contribution in [3.63, 3.8) is 0 Å². The maximum atomic E-state index is 12.9. The van der Waals surface area contributed by atoms with Gasteiger partial charge in [-0.25, -0.2) is 4.39 Å². The number of benzene rings is 1. The summed E-state index contributed by atoms with van der Waals surface area (Å²) in [4.78, 5) is 37.7. The van der Waals surface area contributed by atoms with E-state index < -0.39 is 5.91 Å². The van der Waals surface area contributed by atoms with E-state index in [1.165, 1.54) is 12.1 Å². The van der Waals surface area contributed by atoms with Gasteiger partial charge >= 0.3 is 0 Å². The molecule has 0 unspecified atom stereocenters. The van der Waals surface area contributed by atoms with Gasteiger partial charge < -0.3 is 5.32 Å². The van der Waals surface area contributed by atoms with E-state index in [2.05, 4.69) is 5.32 Å². The van der Waals surface area contributed by atoms with Gasteiger partial charge in [-0.1, -0.05) is 26.0 Å². The predicted octanol–water partition coefficient (Wildman–Crippen LogP) is 3.41. The highest BCUT2D eigenvalue weighted by atomic mass is 32.2. The highest BCUT2D eigenvalue weighted by Crippen LogP contribution is 2.31. The van der Waals surface area contributed by atoms with E-state index >= 15 is 0 Å². The maximum absolute atomic E-state index is 12.9. The van der Waals surface area contributed by atoms with E-state index in [-0.39, 0.29) is 36.0 Å². The molecule has 0 radical (unpaired) electrons. The highest BCUT2D eigenvalue weighted by Gasteiger charge is 2.34. The average molecular weight is 364 g/mol. The predicted molar refractivity (Wildman–Crippen MR) is 96.2 cm³/mol. The molecule has 1 aliphatic heterocycles. The minimum absolute atomic E-state index is 0.0479. The van der Waals surface area contributed by atoms with Gasteiger partial charge in [-0.2, -0.15) is 0 Å². The van der Waals surface area contributed by atoms with Crippen LogP contribution in [0.4, 0.5) is 9.18 Å². The Morgan fingerprint density at radius 3 is 2.48 bits per heavy atom. The third-order valence-corrected chi connectivity index (χ3v) is 4.94. The zero-order valence-corrected chi connectivity index (χ0v) is 15.1. The number of imide groups is 1. The van der Waals surface area contributed by atoms with Gasteiger partial charge in [-0.15, -0.1) is 0 Å². The Morgan fingerprint density at radius 2 is 1.88 bits per heavy atom. The van der Waals surface area contributed by atoms with Crippen LogP contribution in [-0.4, -0.2) is 35.0 Å². The Morgan fingerprint density at radius 1 is 1.24 bits per heavy atom. The number of rotatable bonds is 7. The van der Waals surface area contributed by atoms with Gasteiger partial charge in [0, 0.05) is 19.0 Å². The lowest BCUT2D eigenvalue weighted by Gasteiger charge is -2.15. The molecular formula is C18H21FN2O3S. The average Bonchev–Trinajstić information content (AvgIpc) is 2.85. The zero-order valence-electron chi connectivity index (χ0n) is 14.3. The van der Waals surface area contributed by atoms with Gasteiger partial charge in [0.2, 0.25) is 5.91 Å². The molecule has 1 aromatic carbocycles. The molecule has 2 rings (SSSR count). The molecule has 3 amide bonds. The molecule has 1 fully saturated rings. The normalized spacial score (nSPS) is 16.2. The van der Waals surface area contributed by atoms with Gasteiger partial charge in [0.05, 0.1) is 4.91 Å². The second kappa shape index (κ2) is 8.80. The van der Waals surface area contributed by atoms with Crippen LogP contribution in [0.25, 0.3) is 6.08 Å². The lowest BCUT2D eigenvalue weighted by atomic mass is 10.0. The van der Waals surface area contributed by atoms with Gasteiger partial charge in [-0.3, -0.25) is 19.3 Å². The Labute approximate surface area is 150 Å². The minimum Gasteiger partial charge on any atom is -0.354 e. The third kappa shape index (κ3) is 4.92. The lowest BCUT2D eigenvalue weighted by molar-refractivity contribution is -0.126. The molecule has 0 aromatic heterocycles. The first kappa shape index (κ1) is 19.2. The molecule has 0 saturated carbocycles. The van der Waals surface area contributed by atoms with Crippen molar-refractivity contribution < 1.29 is 18.8 Å². The summed E-state index contributed by atoms with van der Waals surface area (Å²) in [5, 5.41) is 2.40. The zero-order chi connectivity index (χ0) is 18.4. The molecule has 134 valence electrons. The van der Waals surface area contributed by atoms with Crippen LogP contribution in [0.3, 0.4) is 0 Å². The Hall–Kier alpha value is -2.15. The highest BCUT2D eigenvalue weighted by molar-refractivity contribution is 8.18. The molecule has 1 aromatic rings. The van der Waals surface area contributed by atoms with E-state index in [9.17, 15) is 18.8 Å². The second-order valence-electron chi connectivity index (χ2n) is 5.69. The van der Waals surface area contributed by atoms with Gasteiger partial charge in [0.25, 0.3) is 11.1 Å². The first-order valence-electron chi connectivity index (χ1n) is 8.24. The largest absolute Gasteiger partial charge is 0.354 e. The van der Waals surface area contributed by atoms with Gasteiger partial charge in [-0.05, 0) is 48.4 Å². The van der Waals surface area contributed by atoms with Crippen LogP contribution >= 0.6 is 11.8 Å². The number of halogens is 1. The van der Waals surface area contributed by atoms with Crippen LogP contribution in [0.1, 0.15) is 32.3 Å². The summed E-state index contributed by atoms with van der Waals surface area (Å²) in [5.41, 5.74) is 0.647. The Bertz CT molecular complexity index is 684. The number of nitrogens with zero attached hydrogens (tertiary/aromatic N) is 1. The Balaban J connectivity index is 1.95. The Kier molecular flexibility index (Phi) is 6.75. The summed E-state index contributed by atoms with van der Waals surface area (Å²) in [6, 6.07) is 5.67. The van der Waals surface area contributed by atoms with Crippen LogP contribution < -0.4 is 5.32 Å². The standard InChI is InChI=1S/C18H21FN2O3S/c1-3-13(4-2)16(22)20-9-10-21-17(23)15(25-18(21)24)11-12-5-7-14(19)8-6-12/h5-8,11,13H,3-4,9-10H2,1-2H3,(H,20,22). The van der Waals surface area contributed by atoms with Crippen LogP contribution in [0.5, 0.6) is 0 Å². The molecule has 0 aliphatic carbocycles. The molecular weight excluding hydrogens is 343 g/mol. The first-order chi connectivity index (χ1) is 12.0. The fourth-order valence-corrected chi connectivity index (χ4v) is 3.36. The quantitative estimate of drug-likeness (QED) is 0.753. The van der Waals surface area contributed by atoms with Crippen molar-refractivity contribution in [1.29, 1.82) is 0 Å². The van der Waals surface area contributed by atoms with Crippen molar-refractivity contribution >= 4 is 34.9 Å². The molecule has 1 saturated heterocycles. The topological polar surface area (TPSA) is 66.5 Å². The van der Waals surface area contributed by atoms with Gasteiger partial charge in [0.1, 0.15) is 5.82 Å². The van der Waals surface area contributed by atoms with Crippen LogP contribution in [0.15, 0.2) is 29.2 Å². The van der Waals surface area contributed by atoms with Crippen molar-refractivity contribution in [2.75, 3.05) is 13.1 Å². The van der Waals surface area contributed by atoms with E-state index in [1.54, 1.807) is 18.2 Å². The second-order valence-corrected chi connectivity index (χ2v) is 6.68. The molecule has 0 bridgehead atoms. The molecule has 7 heteroatoms. The summed E-state index contributed by atoms with van der Waals surface area (Å²) >= 11 is 0.847. The van der Waals surface area contributed by atoms with Crippen LogP contribution in [-0.2, 0) is 9.59 Å². The van der Waals surface area contributed by atoms with E-state index in [0.29, 0.717) is 10.5 Å². The van der Waals surface area contributed by atoms with E-state index in [4.69, 9.17) is 0 Å². The van der Waals surface area contributed by atoms with Crippen molar-refractivity contribution in [3.8, 4) is 0 Å². The number of carbonyl (C=O) groups excluding carboxylic acids is 3. The van der Waals surface area contributed by atoms with Crippen molar-refractivity contribution in [2.45, 2.75) is 26.7 Å². The third-order valence-electron chi connectivity index (χ3n) is 4.03. The summed E-state index contributed by atoms with van der Waals surface area (Å²) in [5.74, 6) is -0.860. The number of hydrogen-bond donors (Lipinski definition) is 1. The maximum Gasteiger partial charge on any atom is 0.293 e.